The third-order valence-electron chi connectivity index (χ3n) is 4.02. The molecule has 0 unspecified atom stereocenters. The van der Waals surface area contributed by atoms with Gasteiger partial charge in [0.15, 0.2) is 11.6 Å². The van der Waals surface area contributed by atoms with Gasteiger partial charge in [-0.2, -0.15) is 0 Å². The molecule has 0 saturated heterocycles. The number of anilines is 2. The molecule has 5 nitrogen and oxygen atoms in total. The summed E-state index contributed by atoms with van der Waals surface area (Å²) in [6.07, 6.45) is 1.00. The Bertz CT molecular complexity index is 945. The Balaban J connectivity index is 2.34. The van der Waals surface area contributed by atoms with Crippen LogP contribution in [0.25, 0.3) is 0 Å². The molecule has 2 aromatic rings. The predicted molar refractivity (Wildman–Crippen MR) is 97.7 cm³/mol. The molecule has 140 valence electrons. The summed E-state index contributed by atoms with van der Waals surface area (Å²) in [6.45, 7) is 5.15. The van der Waals surface area contributed by atoms with Crippen molar-refractivity contribution in [3.63, 3.8) is 0 Å². The number of amides is 1. The lowest BCUT2D eigenvalue weighted by atomic mass is 10.1. The summed E-state index contributed by atoms with van der Waals surface area (Å²) in [5.74, 6) is -2.81. The predicted octanol–water partition coefficient (Wildman–Crippen LogP) is 3.37. The van der Waals surface area contributed by atoms with Gasteiger partial charge in [-0.1, -0.05) is 6.07 Å². The quantitative estimate of drug-likeness (QED) is 0.862. The molecule has 2 rings (SSSR count). The second-order valence-corrected chi connectivity index (χ2v) is 7.98. The van der Waals surface area contributed by atoms with E-state index in [4.69, 9.17) is 0 Å². The highest BCUT2D eigenvalue weighted by Gasteiger charge is 2.29. The van der Waals surface area contributed by atoms with Crippen LogP contribution in [0.5, 0.6) is 0 Å². The summed E-state index contributed by atoms with van der Waals surface area (Å²) < 4.78 is 51.8. The molecule has 0 aliphatic carbocycles. The van der Waals surface area contributed by atoms with Crippen molar-refractivity contribution in [1.82, 2.24) is 0 Å². The number of rotatable bonds is 5. The zero-order valence-corrected chi connectivity index (χ0v) is 15.7. The fourth-order valence-corrected chi connectivity index (χ4v) is 3.66. The van der Waals surface area contributed by atoms with E-state index in [0.29, 0.717) is 5.69 Å². The maximum Gasteiger partial charge on any atom is 0.247 e. The lowest BCUT2D eigenvalue weighted by molar-refractivity contribution is -0.116. The van der Waals surface area contributed by atoms with Gasteiger partial charge in [-0.15, -0.1) is 0 Å². The number of aryl methyl sites for hydroxylation is 2. The molecule has 1 N–H and O–H groups in total. The number of carbonyl (C=O) groups is 1. The number of benzene rings is 2. The molecule has 2 aromatic carbocycles. The van der Waals surface area contributed by atoms with Crippen LogP contribution in [-0.4, -0.2) is 26.6 Å². The maximum atomic E-state index is 13.3. The largest absolute Gasteiger partial charge is 0.324 e. The fourth-order valence-electron chi connectivity index (χ4n) is 2.49. The summed E-state index contributed by atoms with van der Waals surface area (Å²) in [6, 6.07) is 6.88. The number of nitrogens with one attached hydrogen (secondary N) is 1. The summed E-state index contributed by atoms with van der Waals surface area (Å²) in [5.41, 5.74) is 2.25. The molecular formula is C18H20F2N2O3S. The Morgan fingerprint density at radius 3 is 2.23 bits per heavy atom. The van der Waals surface area contributed by atoms with E-state index < -0.39 is 33.6 Å². The van der Waals surface area contributed by atoms with Gasteiger partial charge < -0.3 is 5.32 Å². The number of carbonyl (C=O) groups excluding carboxylic acids is 1. The van der Waals surface area contributed by atoms with E-state index in [1.807, 2.05) is 13.8 Å². The molecule has 8 heteroatoms. The number of nitrogens with zero attached hydrogens (tertiary/aromatic N) is 1. The van der Waals surface area contributed by atoms with E-state index in [9.17, 15) is 22.0 Å². The Hall–Kier alpha value is -2.48. The molecule has 0 radical (unpaired) electrons. The highest BCUT2D eigenvalue weighted by molar-refractivity contribution is 7.92. The minimum atomic E-state index is -3.76. The number of halogens is 2. The average molecular weight is 382 g/mol. The second-order valence-electron chi connectivity index (χ2n) is 6.12. The van der Waals surface area contributed by atoms with Gasteiger partial charge in [0.25, 0.3) is 0 Å². The standard InChI is InChI=1S/C18H20F2N2O3S/c1-11-5-7-15(9-12(11)2)22(26(4,24)25)13(3)18(23)21-14-6-8-16(19)17(20)10-14/h5-10,13H,1-4H3,(H,21,23)/t13-/m1/s1. The van der Waals surface area contributed by atoms with Crippen molar-refractivity contribution in [3.8, 4) is 0 Å². The molecule has 1 amide bonds. The molecule has 0 saturated carbocycles. The van der Waals surface area contributed by atoms with Gasteiger partial charge in [0, 0.05) is 11.8 Å². The van der Waals surface area contributed by atoms with E-state index in [0.717, 1.165) is 33.8 Å². The molecule has 0 spiro atoms. The van der Waals surface area contributed by atoms with Gasteiger partial charge in [-0.05, 0) is 56.2 Å². The molecule has 26 heavy (non-hydrogen) atoms. The van der Waals surface area contributed by atoms with Crippen LogP contribution in [0.3, 0.4) is 0 Å². The smallest absolute Gasteiger partial charge is 0.247 e. The summed E-state index contributed by atoms with van der Waals surface area (Å²) in [5, 5.41) is 2.41. The van der Waals surface area contributed by atoms with Crippen molar-refractivity contribution < 1.29 is 22.0 Å². The maximum absolute atomic E-state index is 13.3. The van der Waals surface area contributed by atoms with Crippen LogP contribution >= 0.6 is 0 Å². The minimum absolute atomic E-state index is 0.0364. The highest BCUT2D eigenvalue weighted by atomic mass is 32.2. The topological polar surface area (TPSA) is 66.5 Å². The molecular weight excluding hydrogens is 362 g/mol. The van der Waals surface area contributed by atoms with Gasteiger partial charge in [-0.3, -0.25) is 9.10 Å². The van der Waals surface area contributed by atoms with Crippen LogP contribution in [0.2, 0.25) is 0 Å². The van der Waals surface area contributed by atoms with E-state index in [1.165, 1.54) is 13.0 Å². The number of hydrogen-bond acceptors (Lipinski definition) is 3. The van der Waals surface area contributed by atoms with Gasteiger partial charge in [-0.25, -0.2) is 17.2 Å². The van der Waals surface area contributed by atoms with Crippen molar-refractivity contribution >= 4 is 27.3 Å². The zero-order chi connectivity index (χ0) is 19.6. The van der Waals surface area contributed by atoms with Crippen molar-refractivity contribution in [3.05, 3.63) is 59.2 Å². The van der Waals surface area contributed by atoms with Gasteiger partial charge in [0.1, 0.15) is 6.04 Å². The monoisotopic (exact) mass is 382 g/mol. The van der Waals surface area contributed by atoms with E-state index in [2.05, 4.69) is 5.32 Å². The van der Waals surface area contributed by atoms with E-state index in [-0.39, 0.29) is 5.69 Å². The summed E-state index contributed by atoms with van der Waals surface area (Å²) in [7, 11) is -3.76. The lowest BCUT2D eigenvalue weighted by Crippen LogP contribution is -2.45. The lowest BCUT2D eigenvalue weighted by Gasteiger charge is -2.28. The second kappa shape index (κ2) is 7.41. The van der Waals surface area contributed by atoms with Crippen LogP contribution in [-0.2, 0) is 14.8 Å². The van der Waals surface area contributed by atoms with Crippen LogP contribution in [0.15, 0.2) is 36.4 Å². The van der Waals surface area contributed by atoms with Crippen LogP contribution in [0, 0.1) is 25.5 Å². The Morgan fingerprint density at radius 2 is 1.69 bits per heavy atom. The third kappa shape index (κ3) is 4.37. The van der Waals surface area contributed by atoms with Crippen LogP contribution < -0.4 is 9.62 Å². The minimum Gasteiger partial charge on any atom is -0.324 e. The van der Waals surface area contributed by atoms with Crippen molar-refractivity contribution in [2.45, 2.75) is 26.8 Å². The van der Waals surface area contributed by atoms with Crippen LogP contribution in [0.4, 0.5) is 20.2 Å². The zero-order valence-electron chi connectivity index (χ0n) is 14.9. The molecule has 1 atom stereocenters. The summed E-state index contributed by atoms with van der Waals surface area (Å²) >= 11 is 0. The van der Waals surface area contributed by atoms with Crippen LogP contribution in [0.1, 0.15) is 18.1 Å². The van der Waals surface area contributed by atoms with Gasteiger partial charge in [0.2, 0.25) is 15.9 Å². The molecule has 0 bridgehead atoms. The average Bonchev–Trinajstić information content (AvgIpc) is 2.53. The number of hydrogen-bond donors (Lipinski definition) is 1. The van der Waals surface area contributed by atoms with Gasteiger partial charge >= 0.3 is 0 Å². The van der Waals surface area contributed by atoms with Crippen molar-refractivity contribution in [2.24, 2.45) is 0 Å². The highest BCUT2D eigenvalue weighted by Crippen LogP contribution is 2.24. The Kier molecular flexibility index (Phi) is 5.65. The molecule has 0 heterocycles. The summed E-state index contributed by atoms with van der Waals surface area (Å²) in [4.78, 5) is 12.5. The first-order chi connectivity index (χ1) is 12.0. The third-order valence-corrected chi connectivity index (χ3v) is 5.26. The first-order valence-electron chi connectivity index (χ1n) is 7.83. The first kappa shape index (κ1) is 19.8. The number of sulfonamides is 1. The molecule has 0 aliphatic rings. The SMILES string of the molecule is Cc1ccc(N([C@H](C)C(=O)Nc2ccc(F)c(F)c2)S(C)(=O)=O)cc1C. The Labute approximate surface area is 151 Å². The first-order valence-corrected chi connectivity index (χ1v) is 9.68. The molecule has 0 fully saturated rings. The van der Waals surface area contributed by atoms with Gasteiger partial charge in [0.05, 0.1) is 11.9 Å². The Morgan fingerprint density at radius 1 is 1.04 bits per heavy atom. The van der Waals surface area contributed by atoms with Crippen molar-refractivity contribution in [2.75, 3.05) is 15.9 Å². The molecule has 0 aromatic heterocycles. The molecule has 0 aliphatic heterocycles. The normalized spacial score (nSPS) is 12.5. The van der Waals surface area contributed by atoms with E-state index >= 15 is 0 Å². The van der Waals surface area contributed by atoms with E-state index in [1.54, 1.807) is 18.2 Å². The fraction of sp³-hybridized carbons (Fsp3) is 0.278. The van der Waals surface area contributed by atoms with Crippen molar-refractivity contribution in [1.29, 1.82) is 0 Å².